The first-order valence-corrected chi connectivity index (χ1v) is 10.0. The summed E-state index contributed by atoms with van der Waals surface area (Å²) in [5, 5.41) is 5.29. The molecule has 0 radical (unpaired) electrons. The van der Waals surface area contributed by atoms with E-state index >= 15 is 0 Å². The third kappa shape index (κ3) is 3.04. The van der Waals surface area contributed by atoms with Crippen LogP contribution in [0.25, 0.3) is 32.7 Å². The van der Waals surface area contributed by atoms with Crippen molar-refractivity contribution >= 4 is 21.5 Å². The van der Waals surface area contributed by atoms with E-state index in [1.165, 1.54) is 49.4 Å². The lowest BCUT2D eigenvalue weighted by Gasteiger charge is -2.21. The highest BCUT2D eigenvalue weighted by Gasteiger charge is 2.16. The Morgan fingerprint density at radius 1 is 0.593 bits per heavy atom. The summed E-state index contributed by atoms with van der Waals surface area (Å²) in [5.74, 6) is 1.03. The van der Waals surface area contributed by atoms with E-state index < -0.39 is 0 Å². The van der Waals surface area contributed by atoms with Gasteiger partial charge in [-0.2, -0.15) is 0 Å². The molecule has 0 bridgehead atoms. The average molecular weight is 353 g/mol. The van der Waals surface area contributed by atoms with E-state index in [0.29, 0.717) is 11.8 Å². The van der Waals surface area contributed by atoms with Gasteiger partial charge in [0.15, 0.2) is 0 Å². The fraction of sp³-hybridized carbons (Fsp3) is 0.259. The Morgan fingerprint density at radius 2 is 1.04 bits per heavy atom. The van der Waals surface area contributed by atoms with Gasteiger partial charge >= 0.3 is 0 Å². The molecule has 27 heavy (non-hydrogen) atoms. The summed E-state index contributed by atoms with van der Waals surface area (Å²) in [4.78, 5) is 0. The maximum atomic E-state index is 2.43. The van der Waals surface area contributed by atoms with E-state index in [1.807, 2.05) is 0 Å². The zero-order valence-corrected chi connectivity index (χ0v) is 17.0. The first-order chi connectivity index (χ1) is 13.0. The minimum Gasteiger partial charge on any atom is -0.0616 e. The highest BCUT2D eigenvalue weighted by Crippen LogP contribution is 2.40. The second-order valence-electron chi connectivity index (χ2n) is 8.28. The van der Waals surface area contributed by atoms with Gasteiger partial charge in [-0.15, -0.1) is 0 Å². The van der Waals surface area contributed by atoms with E-state index in [0.717, 1.165) is 0 Å². The number of hydrogen-bond acceptors (Lipinski definition) is 0. The highest BCUT2D eigenvalue weighted by atomic mass is 14.2. The van der Waals surface area contributed by atoms with Gasteiger partial charge in [0.25, 0.3) is 0 Å². The summed E-state index contributed by atoms with van der Waals surface area (Å²) in [5.41, 5.74) is 7.10. The number of fused-ring (bicyclic) bond motifs is 2. The molecule has 4 rings (SSSR count). The molecule has 4 aromatic carbocycles. The van der Waals surface area contributed by atoms with Crippen molar-refractivity contribution in [1.82, 2.24) is 0 Å². The molecule has 0 aliphatic rings. The Morgan fingerprint density at radius 3 is 1.48 bits per heavy atom. The first-order valence-electron chi connectivity index (χ1n) is 10.0. The Bertz CT molecular complexity index is 1050. The van der Waals surface area contributed by atoms with Crippen LogP contribution in [0, 0.1) is 6.92 Å². The smallest absolute Gasteiger partial charge is 0.00266 e. The van der Waals surface area contributed by atoms with Crippen LogP contribution >= 0.6 is 0 Å². The van der Waals surface area contributed by atoms with Gasteiger partial charge in [0, 0.05) is 0 Å². The molecule has 136 valence electrons. The predicted octanol–water partition coefficient (Wildman–Crippen LogP) is 8.22. The number of rotatable bonds is 3. The van der Waals surface area contributed by atoms with Gasteiger partial charge in [-0.3, -0.25) is 0 Å². The predicted molar refractivity (Wildman–Crippen MR) is 120 cm³/mol. The van der Waals surface area contributed by atoms with Crippen LogP contribution in [0.3, 0.4) is 0 Å². The quantitative estimate of drug-likeness (QED) is 0.326. The lowest BCUT2D eigenvalue weighted by molar-refractivity contribution is 0.818. The topological polar surface area (TPSA) is 0 Å². The molecule has 0 heteroatoms. The maximum absolute atomic E-state index is 2.43. The summed E-state index contributed by atoms with van der Waals surface area (Å²) in [6, 6.07) is 24.7. The van der Waals surface area contributed by atoms with Gasteiger partial charge in [-0.05, 0) is 74.2 Å². The van der Waals surface area contributed by atoms with E-state index in [1.54, 1.807) is 0 Å². The number of benzene rings is 4. The molecular weight excluding hydrogens is 324 g/mol. The summed E-state index contributed by atoms with van der Waals surface area (Å²) in [6.45, 7) is 11.5. The van der Waals surface area contributed by atoms with Gasteiger partial charge in [0.1, 0.15) is 0 Å². The highest BCUT2D eigenvalue weighted by molar-refractivity contribution is 6.12. The van der Waals surface area contributed by atoms with Crippen molar-refractivity contribution < 1.29 is 0 Å². The fourth-order valence-corrected chi connectivity index (χ4v) is 4.43. The van der Waals surface area contributed by atoms with Gasteiger partial charge in [0.2, 0.25) is 0 Å². The van der Waals surface area contributed by atoms with Crippen LogP contribution in [0.4, 0.5) is 0 Å². The summed E-state index contributed by atoms with van der Waals surface area (Å²) >= 11 is 0. The second-order valence-corrected chi connectivity index (χ2v) is 8.28. The molecule has 0 aliphatic heterocycles. The van der Waals surface area contributed by atoms with Crippen molar-refractivity contribution in [3.63, 3.8) is 0 Å². The average Bonchev–Trinajstić information content (AvgIpc) is 2.66. The summed E-state index contributed by atoms with van der Waals surface area (Å²) in [6.07, 6.45) is 0. The van der Waals surface area contributed by atoms with E-state index in [-0.39, 0.29) is 0 Å². The molecule has 0 atom stereocenters. The minimum absolute atomic E-state index is 0.517. The molecule has 0 spiro atoms. The molecule has 0 nitrogen and oxygen atoms in total. The first kappa shape index (κ1) is 17.8. The van der Waals surface area contributed by atoms with E-state index in [9.17, 15) is 0 Å². The molecule has 4 aromatic rings. The largest absolute Gasteiger partial charge is 0.0616 e. The summed E-state index contributed by atoms with van der Waals surface area (Å²) < 4.78 is 0. The second kappa shape index (κ2) is 6.85. The summed E-state index contributed by atoms with van der Waals surface area (Å²) in [7, 11) is 0. The fourth-order valence-electron chi connectivity index (χ4n) is 4.43. The molecule has 0 saturated heterocycles. The molecule has 0 unspecified atom stereocenters. The minimum atomic E-state index is 0.517. The molecule has 0 heterocycles. The van der Waals surface area contributed by atoms with Crippen molar-refractivity contribution in [2.24, 2.45) is 0 Å². The van der Waals surface area contributed by atoms with Crippen LogP contribution < -0.4 is 0 Å². The van der Waals surface area contributed by atoms with Crippen LogP contribution in [-0.2, 0) is 0 Å². The number of hydrogen-bond donors (Lipinski definition) is 0. The monoisotopic (exact) mass is 352 g/mol. The third-order valence-corrected chi connectivity index (χ3v) is 5.79. The van der Waals surface area contributed by atoms with Crippen LogP contribution in [0.1, 0.15) is 56.2 Å². The molecular formula is C27H28. The Labute approximate surface area is 162 Å². The Kier molecular flexibility index (Phi) is 4.52. The van der Waals surface area contributed by atoms with Crippen molar-refractivity contribution in [2.75, 3.05) is 0 Å². The standard InChI is InChI=1S/C27H28/c1-17(2)25-15-22(16-26(18(3)4)19(25)5)27-23-12-8-6-10-20(23)14-21-11-7-9-13-24(21)27/h6-18H,1-5H3. The van der Waals surface area contributed by atoms with E-state index in [4.69, 9.17) is 0 Å². The van der Waals surface area contributed by atoms with Gasteiger partial charge in [0.05, 0.1) is 0 Å². The molecule has 0 amide bonds. The van der Waals surface area contributed by atoms with Crippen molar-refractivity contribution in [3.8, 4) is 11.1 Å². The normalized spacial score (nSPS) is 11.8. The van der Waals surface area contributed by atoms with Crippen molar-refractivity contribution in [3.05, 3.63) is 83.4 Å². The molecule has 0 fully saturated rings. The molecule has 0 aliphatic carbocycles. The van der Waals surface area contributed by atoms with Crippen molar-refractivity contribution in [1.29, 1.82) is 0 Å². The SMILES string of the molecule is Cc1c(C(C)C)cc(-c2c3ccccc3cc3ccccc23)cc1C(C)C. The van der Waals surface area contributed by atoms with Gasteiger partial charge in [-0.25, -0.2) is 0 Å². The zero-order valence-electron chi connectivity index (χ0n) is 17.0. The van der Waals surface area contributed by atoms with Crippen LogP contribution in [0.5, 0.6) is 0 Å². The van der Waals surface area contributed by atoms with E-state index in [2.05, 4.69) is 101 Å². The molecule has 0 saturated carbocycles. The van der Waals surface area contributed by atoms with Gasteiger partial charge in [-0.1, -0.05) is 88.4 Å². The van der Waals surface area contributed by atoms with Crippen LogP contribution in [0.15, 0.2) is 66.7 Å². The lowest BCUT2D eigenvalue weighted by Crippen LogP contribution is -2.01. The molecule has 0 N–H and O–H groups in total. The maximum Gasteiger partial charge on any atom is -0.00266 e. The van der Waals surface area contributed by atoms with Crippen LogP contribution in [-0.4, -0.2) is 0 Å². The zero-order chi connectivity index (χ0) is 19.1. The molecule has 0 aromatic heterocycles. The Hall–Kier alpha value is -2.60. The van der Waals surface area contributed by atoms with Crippen LogP contribution in [0.2, 0.25) is 0 Å². The van der Waals surface area contributed by atoms with Gasteiger partial charge < -0.3 is 0 Å². The van der Waals surface area contributed by atoms with Crippen molar-refractivity contribution in [2.45, 2.75) is 46.5 Å². The Balaban J connectivity index is 2.15. The lowest BCUT2D eigenvalue weighted by atomic mass is 9.84. The third-order valence-electron chi connectivity index (χ3n) is 5.79.